The van der Waals surface area contributed by atoms with E-state index in [1.54, 1.807) is 0 Å². The smallest absolute Gasteiger partial charge is 0.0708 e. The Hall–Kier alpha value is -1.41. The van der Waals surface area contributed by atoms with Crippen LogP contribution >= 0.6 is 0 Å². The lowest BCUT2D eigenvalue weighted by atomic mass is 10.1. The van der Waals surface area contributed by atoms with Crippen LogP contribution in [0.25, 0.3) is 10.9 Å². The van der Waals surface area contributed by atoms with E-state index in [0.29, 0.717) is 0 Å². The molecule has 0 bridgehead atoms. The van der Waals surface area contributed by atoms with Gasteiger partial charge in [0.1, 0.15) is 0 Å². The molecule has 14 heavy (non-hydrogen) atoms. The first-order valence-electron chi connectivity index (χ1n) is 4.80. The number of para-hydroxylation sites is 1. The topological polar surface area (TPSA) is 38.9 Å². The van der Waals surface area contributed by atoms with Crippen LogP contribution in [-0.4, -0.2) is 4.98 Å². The third-order valence-electron chi connectivity index (χ3n) is 2.41. The molecule has 2 aromatic rings. The lowest BCUT2D eigenvalue weighted by Crippen LogP contribution is -2.07. The van der Waals surface area contributed by atoms with Gasteiger partial charge in [0.05, 0.1) is 11.2 Å². The zero-order valence-electron chi connectivity index (χ0n) is 8.49. The number of hydrogen-bond donors (Lipinski definition) is 1. The van der Waals surface area contributed by atoms with Gasteiger partial charge in [-0.05, 0) is 31.5 Å². The van der Waals surface area contributed by atoms with Crippen molar-refractivity contribution < 1.29 is 0 Å². The second-order valence-corrected chi connectivity index (χ2v) is 3.67. The number of nitrogens with zero attached hydrogens (tertiary/aromatic N) is 1. The predicted octanol–water partition coefficient (Wildman–Crippen LogP) is 2.56. The van der Waals surface area contributed by atoms with Crippen LogP contribution < -0.4 is 5.73 Å². The molecule has 2 N–H and O–H groups in total. The SMILES string of the molecule is Cc1cc(C(C)N)nc2ccccc12. The van der Waals surface area contributed by atoms with Gasteiger partial charge < -0.3 is 5.73 Å². The van der Waals surface area contributed by atoms with Crippen LogP contribution in [0.5, 0.6) is 0 Å². The van der Waals surface area contributed by atoms with Crippen LogP contribution in [-0.2, 0) is 0 Å². The van der Waals surface area contributed by atoms with Crippen molar-refractivity contribution >= 4 is 10.9 Å². The molecule has 0 fully saturated rings. The molecule has 0 radical (unpaired) electrons. The molecule has 2 rings (SSSR count). The summed E-state index contributed by atoms with van der Waals surface area (Å²) >= 11 is 0. The quantitative estimate of drug-likeness (QED) is 0.743. The number of pyridine rings is 1. The van der Waals surface area contributed by atoms with E-state index >= 15 is 0 Å². The maximum Gasteiger partial charge on any atom is 0.0708 e. The lowest BCUT2D eigenvalue weighted by Gasteiger charge is -2.08. The number of fused-ring (bicyclic) bond motifs is 1. The maximum atomic E-state index is 5.81. The van der Waals surface area contributed by atoms with Gasteiger partial charge in [0, 0.05) is 11.4 Å². The van der Waals surface area contributed by atoms with Crippen LogP contribution in [0.15, 0.2) is 30.3 Å². The Kier molecular flexibility index (Phi) is 2.22. The summed E-state index contributed by atoms with van der Waals surface area (Å²) in [5, 5.41) is 1.21. The van der Waals surface area contributed by atoms with Crippen molar-refractivity contribution in [1.29, 1.82) is 0 Å². The molecule has 0 aliphatic carbocycles. The van der Waals surface area contributed by atoms with Crippen molar-refractivity contribution in [3.8, 4) is 0 Å². The van der Waals surface area contributed by atoms with E-state index in [9.17, 15) is 0 Å². The minimum Gasteiger partial charge on any atom is -0.323 e. The number of nitrogens with two attached hydrogens (primary N) is 1. The largest absolute Gasteiger partial charge is 0.323 e. The van der Waals surface area contributed by atoms with E-state index in [0.717, 1.165) is 11.2 Å². The summed E-state index contributed by atoms with van der Waals surface area (Å²) in [5.74, 6) is 0. The molecular formula is C12H14N2. The van der Waals surface area contributed by atoms with Gasteiger partial charge in [0.2, 0.25) is 0 Å². The van der Waals surface area contributed by atoms with E-state index in [-0.39, 0.29) is 6.04 Å². The number of benzene rings is 1. The van der Waals surface area contributed by atoms with Crippen LogP contribution in [0.2, 0.25) is 0 Å². The summed E-state index contributed by atoms with van der Waals surface area (Å²) in [4.78, 5) is 4.51. The first-order chi connectivity index (χ1) is 6.68. The van der Waals surface area contributed by atoms with Crippen LogP contribution in [0.3, 0.4) is 0 Å². The predicted molar refractivity (Wildman–Crippen MR) is 59.1 cm³/mol. The fraction of sp³-hybridized carbons (Fsp3) is 0.250. The monoisotopic (exact) mass is 186 g/mol. The first kappa shape index (κ1) is 9.16. The second-order valence-electron chi connectivity index (χ2n) is 3.67. The van der Waals surface area contributed by atoms with Crippen LogP contribution in [0.1, 0.15) is 24.2 Å². The van der Waals surface area contributed by atoms with Crippen molar-refractivity contribution in [1.82, 2.24) is 4.98 Å². The normalized spacial score (nSPS) is 13.1. The zero-order chi connectivity index (χ0) is 10.1. The number of aryl methyl sites for hydroxylation is 1. The molecule has 0 aliphatic heterocycles. The van der Waals surface area contributed by atoms with Crippen molar-refractivity contribution in [2.24, 2.45) is 5.73 Å². The summed E-state index contributed by atoms with van der Waals surface area (Å²) < 4.78 is 0. The van der Waals surface area contributed by atoms with Gasteiger partial charge in [-0.2, -0.15) is 0 Å². The van der Waals surface area contributed by atoms with E-state index in [2.05, 4.69) is 24.0 Å². The maximum absolute atomic E-state index is 5.81. The molecule has 0 aliphatic rings. The Balaban J connectivity index is 2.72. The molecule has 72 valence electrons. The number of hydrogen-bond acceptors (Lipinski definition) is 2. The van der Waals surface area contributed by atoms with Gasteiger partial charge in [-0.15, -0.1) is 0 Å². The highest BCUT2D eigenvalue weighted by Crippen LogP contribution is 2.19. The fourth-order valence-corrected chi connectivity index (χ4v) is 1.61. The van der Waals surface area contributed by atoms with Gasteiger partial charge in [-0.3, -0.25) is 4.98 Å². The second kappa shape index (κ2) is 3.39. The lowest BCUT2D eigenvalue weighted by molar-refractivity contribution is 0.785. The summed E-state index contributed by atoms with van der Waals surface area (Å²) in [6.45, 7) is 4.05. The summed E-state index contributed by atoms with van der Waals surface area (Å²) in [7, 11) is 0. The van der Waals surface area contributed by atoms with Crippen molar-refractivity contribution in [3.63, 3.8) is 0 Å². The molecule has 0 saturated carbocycles. The van der Waals surface area contributed by atoms with Gasteiger partial charge in [0.25, 0.3) is 0 Å². The Morgan fingerprint density at radius 3 is 2.71 bits per heavy atom. The molecule has 0 amide bonds. The van der Waals surface area contributed by atoms with Crippen molar-refractivity contribution in [2.45, 2.75) is 19.9 Å². The summed E-state index contributed by atoms with van der Waals surface area (Å²) in [5.41, 5.74) is 9.04. The number of aromatic nitrogens is 1. The van der Waals surface area contributed by atoms with E-state index in [1.165, 1.54) is 10.9 Å². The Morgan fingerprint density at radius 1 is 1.29 bits per heavy atom. The zero-order valence-corrected chi connectivity index (χ0v) is 8.49. The van der Waals surface area contributed by atoms with Crippen molar-refractivity contribution in [2.75, 3.05) is 0 Å². The molecule has 1 atom stereocenters. The molecule has 0 saturated heterocycles. The van der Waals surface area contributed by atoms with E-state index < -0.39 is 0 Å². The van der Waals surface area contributed by atoms with E-state index in [4.69, 9.17) is 5.73 Å². The fourth-order valence-electron chi connectivity index (χ4n) is 1.61. The van der Waals surface area contributed by atoms with Crippen LogP contribution in [0, 0.1) is 6.92 Å². The van der Waals surface area contributed by atoms with Gasteiger partial charge in [-0.1, -0.05) is 18.2 Å². The standard InChI is InChI=1S/C12H14N2/c1-8-7-12(9(2)13)14-11-6-4-3-5-10(8)11/h3-7,9H,13H2,1-2H3. The van der Waals surface area contributed by atoms with Gasteiger partial charge >= 0.3 is 0 Å². The highest BCUT2D eigenvalue weighted by atomic mass is 14.8. The third kappa shape index (κ3) is 1.49. The Bertz CT molecular complexity index is 461. The molecule has 2 nitrogen and oxygen atoms in total. The summed E-state index contributed by atoms with van der Waals surface area (Å²) in [6, 6.07) is 10.2. The van der Waals surface area contributed by atoms with Gasteiger partial charge in [-0.25, -0.2) is 0 Å². The molecular weight excluding hydrogens is 172 g/mol. The average molecular weight is 186 g/mol. The highest BCUT2D eigenvalue weighted by molar-refractivity contribution is 5.82. The minimum atomic E-state index is -0.00157. The highest BCUT2D eigenvalue weighted by Gasteiger charge is 2.04. The molecule has 0 spiro atoms. The van der Waals surface area contributed by atoms with E-state index in [1.807, 2.05) is 25.1 Å². The number of rotatable bonds is 1. The van der Waals surface area contributed by atoms with Crippen LogP contribution in [0.4, 0.5) is 0 Å². The molecule has 1 aromatic carbocycles. The van der Waals surface area contributed by atoms with Gasteiger partial charge in [0.15, 0.2) is 0 Å². The molecule has 1 aromatic heterocycles. The Morgan fingerprint density at radius 2 is 2.00 bits per heavy atom. The van der Waals surface area contributed by atoms with Crippen molar-refractivity contribution in [3.05, 3.63) is 41.6 Å². The molecule has 1 heterocycles. The summed E-state index contributed by atoms with van der Waals surface area (Å²) in [6.07, 6.45) is 0. The molecule has 1 unspecified atom stereocenters. The Labute approximate surface area is 83.8 Å². The molecule has 2 heteroatoms. The third-order valence-corrected chi connectivity index (χ3v) is 2.41. The first-order valence-corrected chi connectivity index (χ1v) is 4.80. The minimum absolute atomic E-state index is 0.00157. The average Bonchev–Trinajstić information content (AvgIpc) is 2.17.